The third-order valence-corrected chi connectivity index (χ3v) is 1.28. The van der Waals surface area contributed by atoms with E-state index >= 15 is 0 Å². The summed E-state index contributed by atoms with van der Waals surface area (Å²) in [5.74, 6) is 0.162. The minimum Gasteiger partial charge on any atom is -0.325 e. The quantitative estimate of drug-likeness (QED) is 0.509. The van der Waals surface area contributed by atoms with Gasteiger partial charge in [-0.15, -0.1) is 6.58 Å². The fourth-order valence-corrected chi connectivity index (χ4v) is 0.820. The van der Waals surface area contributed by atoms with Crippen molar-refractivity contribution in [3.8, 4) is 0 Å². The Hall–Kier alpha value is -0.830. The van der Waals surface area contributed by atoms with Gasteiger partial charge in [0, 0.05) is 6.54 Å². The van der Waals surface area contributed by atoms with Gasteiger partial charge in [-0.1, -0.05) is 6.08 Å². The second-order valence-electron chi connectivity index (χ2n) is 1.99. The molecule has 0 bridgehead atoms. The molecule has 0 spiro atoms. The predicted molar refractivity (Wildman–Crippen MR) is 34.8 cm³/mol. The van der Waals surface area contributed by atoms with Crippen LogP contribution in [-0.4, -0.2) is 30.6 Å². The molecule has 0 radical (unpaired) electrons. The van der Waals surface area contributed by atoms with Gasteiger partial charge in [0.25, 0.3) is 0 Å². The molecule has 0 aromatic heterocycles. The fourth-order valence-electron chi connectivity index (χ4n) is 0.820. The molecular weight excluding hydrogens is 116 g/mol. The standard InChI is InChI=1S/C6H10N2O/c1-2-3-8-5-7-4-6(8)9/h2,7H,1,3-5H2. The van der Waals surface area contributed by atoms with E-state index < -0.39 is 0 Å². The molecule has 0 unspecified atom stereocenters. The van der Waals surface area contributed by atoms with E-state index in [1.165, 1.54) is 0 Å². The molecule has 0 aromatic rings. The number of carbonyl (C=O) groups is 1. The number of amides is 1. The topological polar surface area (TPSA) is 32.3 Å². The van der Waals surface area contributed by atoms with Gasteiger partial charge in [0.2, 0.25) is 5.91 Å². The summed E-state index contributed by atoms with van der Waals surface area (Å²) in [5.41, 5.74) is 0. The second-order valence-corrected chi connectivity index (χ2v) is 1.99. The number of rotatable bonds is 2. The first-order valence-corrected chi connectivity index (χ1v) is 2.94. The van der Waals surface area contributed by atoms with Crippen LogP contribution in [0.3, 0.4) is 0 Å². The van der Waals surface area contributed by atoms with Crippen molar-refractivity contribution in [3.63, 3.8) is 0 Å². The molecule has 1 aliphatic heterocycles. The lowest BCUT2D eigenvalue weighted by molar-refractivity contribution is -0.126. The van der Waals surface area contributed by atoms with Gasteiger partial charge in [-0.25, -0.2) is 0 Å². The summed E-state index contributed by atoms with van der Waals surface area (Å²) in [7, 11) is 0. The minimum atomic E-state index is 0.162. The highest BCUT2D eigenvalue weighted by Crippen LogP contribution is 1.92. The Morgan fingerprint density at radius 2 is 2.67 bits per heavy atom. The summed E-state index contributed by atoms with van der Waals surface area (Å²) in [6, 6.07) is 0. The molecule has 0 saturated carbocycles. The molecule has 0 atom stereocenters. The average molecular weight is 126 g/mol. The highest BCUT2D eigenvalue weighted by molar-refractivity contribution is 5.80. The summed E-state index contributed by atoms with van der Waals surface area (Å²) in [6.45, 7) is 5.35. The van der Waals surface area contributed by atoms with E-state index in [2.05, 4.69) is 11.9 Å². The molecular formula is C6H10N2O. The zero-order chi connectivity index (χ0) is 6.69. The predicted octanol–water partition coefficient (Wildman–Crippen LogP) is -0.438. The van der Waals surface area contributed by atoms with Gasteiger partial charge < -0.3 is 4.90 Å². The van der Waals surface area contributed by atoms with Gasteiger partial charge in [-0.2, -0.15) is 0 Å². The SMILES string of the molecule is C=CCN1CNCC1=O. The smallest absolute Gasteiger partial charge is 0.237 e. The minimum absolute atomic E-state index is 0.162. The molecule has 50 valence electrons. The van der Waals surface area contributed by atoms with Gasteiger partial charge in [0.15, 0.2) is 0 Å². The summed E-state index contributed by atoms with van der Waals surface area (Å²) in [6.07, 6.45) is 1.73. The molecule has 1 heterocycles. The Bertz CT molecular complexity index is 133. The first-order valence-electron chi connectivity index (χ1n) is 2.94. The molecule has 0 aliphatic carbocycles. The highest BCUT2D eigenvalue weighted by atomic mass is 16.2. The number of carbonyl (C=O) groups excluding carboxylic acids is 1. The summed E-state index contributed by atoms with van der Waals surface area (Å²) < 4.78 is 0. The van der Waals surface area contributed by atoms with Gasteiger partial charge in [0.05, 0.1) is 13.2 Å². The van der Waals surface area contributed by atoms with Crippen LogP contribution in [0.15, 0.2) is 12.7 Å². The number of nitrogens with one attached hydrogen (secondary N) is 1. The monoisotopic (exact) mass is 126 g/mol. The second kappa shape index (κ2) is 2.64. The zero-order valence-electron chi connectivity index (χ0n) is 5.26. The van der Waals surface area contributed by atoms with E-state index in [0.717, 1.165) is 0 Å². The van der Waals surface area contributed by atoms with Crippen molar-refractivity contribution in [2.45, 2.75) is 0 Å². The van der Waals surface area contributed by atoms with Crippen LogP contribution in [0.5, 0.6) is 0 Å². The Labute approximate surface area is 54.3 Å². The number of hydrogen-bond acceptors (Lipinski definition) is 2. The Morgan fingerprint density at radius 1 is 1.89 bits per heavy atom. The lowest BCUT2D eigenvalue weighted by Gasteiger charge is -2.09. The van der Waals surface area contributed by atoms with E-state index in [-0.39, 0.29) is 5.91 Å². The van der Waals surface area contributed by atoms with Crippen molar-refractivity contribution in [3.05, 3.63) is 12.7 Å². The number of nitrogens with zero attached hydrogens (tertiary/aromatic N) is 1. The molecule has 0 aromatic carbocycles. The maximum Gasteiger partial charge on any atom is 0.237 e. The van der Waals surface area contributed by atoms with E-state index in [0.29, 0.717) is 19.8 Å². The summed E-state index contributed by atoms with van der Waals surface area (Å²) >= 11 is 0. The third kappa shape index (κ3) is 1.29. The van der Waals surface area contributed by atoms with E-state index in [9.17, 15) is 4.79 Å². The summed E-state index contributed by atoms with van der Waals surface area (Å²) in [4.78, 5) is 12.5. The van der Waals surface area contributed by atoms with Gasteiger partial charge in [0.1, 0.15) is 0 Å². The first kappa shape index (κ1) is 6.29. The van der Waals surface area contributed by atoms with Crippen molar-refractivity contribution < 1.29 is 4.79 Å². The lowest BCUT2D eigenvalue weighted by Crippen LogP contribution is -2.25. The van der Waals surface area contributed by atoms with Crippen molar-refractivity contribution in [2.75, 3.05) is 19.8 Å². The van der Waals surface area contributed by atoms with Crippen molar-refractivity contribution in [1.29, 1.82) is 0 Å². The first-order chi connectivity index (χ1) is 4.34. The normalized spacial score (nSPS) is 18.7. The maximum atomic E-state index is 10.8. The molecule has 9 heavy (non-hydrogen) atoms. The molecule has 3 heteroatoms. The van der Waals surface area contributed by atoms with Gasteiger partial charge in [-0.3, -0.25) is 10.1 Å². The summed E-state index contributed by atoms with van der Waals surface area (Å²) in [5, 5.41) is 2.94. The fraction of sp³-hybridized carbons (Fsp3) is 0.500. The van der Waals surface area contributed by atoms with Crippen LogP contribution in [0.4, 0.5) is 0 Å². The lowest BCUT2D eigenvalue weighted by atomic mass is 10.5. The largest absolute Gasteiger partial charge is 0.325 e. The van der Waals surface area contributed by atoms with Crippen LogP contribution >= 0.6 is 0 Å². The molecule has 1 N–H and O–H groups in total. The van der Waals surface area contributed by atoms with Crippen LogP contribution in [0.1, 0.15) is 0 Å². The average Bonchev–Trinajstić information content (AvgIpc) is 2.18. The van der Waals surface area contributed by atoms with Crippen molar-refractivity contribution in [1.82, 2.24) is 10.2 Å². The van der Waals surface area contributed by atoms with Gasteiger partial charge >= 0.3 is 0 Å². The highest BCUT2D eigenvalue weighted by Gasteiger charge is 2.16. The van der Waals surface area contributed by atoms with Crippen molar-refractivity contribution in [2.24, 2.45) is 0 Å². The molecule has 1 saturated heterocycles. The number of hydrogen-bond donors (Lipinski definition) is 1. The van der Waals surface area contributed by atoms with E-state index in [4.69, 9.17) is 0 Å². The van der Waals surface area contributed by atoms with Crippen LogP contribution < -0.4 is 5.32 Å². The van der Waals surface area contributed by atoms with Crippen LogP contribution in [0, 0.1) is 0 Å². The molecule has 1 rings (SSSR count). The zero-order valence-corrected chi connectivity index (χ0v) is 5.26. The third-order valence-electron chi connectivity index (χ3n) is 1.28. The molecule has 1 aliphatic rings. The Morgan fingerprint density at radius 3 is 3.11 bits per heavy atom. The Balaban J connectivity index is 2.39. The van der Waals surface area contributed by atoms with E-state index in [1.807, 2.05) is 0 Å². The van der Waals surface area contributed by atoms with Crippen LogP contribution in [-0.2, 0) is 4.79 Å². The molecule has 3 nitrogen and oxygen atoms in total. The van der Waals surface area contributed by atoms with Crippen LogP contribution in [0.25, 0.3) is 0 Å². The van der Waals surface area contributed by atoms with E-state index in [1.54, 1.807) is 11.0 Å². The maximum absolute atomic E-state index is 10.8. The van der Waals surface area contributed by atoms with Crippen molar-refractivity contribution >= 4 is 5.91 Å². The molecule has 1 fully saturated rings. The van der Waals surface area contributed by atoms with Gasteiger partial charge in [-0.05, 0) is 0 Å². The Kier molecular flexibility index (Phi) is 1.85. The van der Waals surface area contributed by atoms with Crippen LogP contribution in [0.2, 0.25) is 0 Å². The molecule has 1 amide bonds.